The van der Waals surface area contributed by atoms with E-state index < -0.39 is 0 Å². The zero-order valence-corrected chi connectivity index (χ0v) is 15.9. The van der Waals surface area contributed by atoms with E-state index in [9.17, 15) is 9.59 Å². The minimum absolute atomic E-state index is 0.142. The minimum atomic E-state index is -0.371. The molecular weight excluding hydrogens is 350 g/mol. The van der Waals surface area contributed by atoms with Gasteiger partial charge in [0.1, 0.15) is 10.8 Å². The molecule has 1 amide bonds. The summed E-state index contributed by atoms with van der Waals surface area (Å²) in [6.07, 6.45) is 5.41. The van der Waals surface area contributed by atoms with E-state index in [-0.39, 0.29) is 18.3 Å². The third-order valence-electron chi connectivity index (χ3n) is 4.59. The molecule has 0 atom stereocenters. The summed E-state index contributed by atoms with van der Waals surface area (Å²) in [6.45, 7) is 0. The molecule has 1 aliphatic rings. The molecular formula is C20H23NO4S. The van der Waals surface area contributed by atoms with Crippen molar-refractivity contribution in [2.24, 2.45) is 0 Å². The number of benzene rings is 1. The summed E-state index contributed by atoms with van der Waals surface area (Å²) in [7, 11) is 2.99. The van der Waals surface area contributed by atoms with Gasteiger partial charge in [0.25, 0.3) is 0 Å². The van der Waals surface area contributed by atoms with Crippen LogP contribution in [0.1, 0.15) is 45.6 Å². The summed E-state index contributed by atoms with van der Waals surface area (Å²) in [5.41, 5.74) is 2.48. The Morgan fingerprint density at radius 1 is 1.08 bits per heavy atom. The summed E-state index contributed by atoms with van der Waals surface area (Å²) in [5, 5.41) is 3.54. The van der Waals surface area contributed by atoms with Crippen molar-refractivity contribution < 1.29 is 19.1 Å². The van der Waals surface area contributed by atoms with Gasteiger partial charge in [-0.15, -0.1) is 11.3 Å². The Hall–Kier alpha value is -2.34. The van der Waals surface area contributed by atoms with Gasteiger partial charge in [-0.2, -0.15) is 0 Å². The first-order chi connectivity index (χ1) is 12.6. The number of methoxy groups -OCH3 is 2. The van der Waals surface area contributed by atoms with Crippen LogP contribution in [-0.2, 0) is 28.8 Å². The van der Waals surface area contributed by atoms with E-state index in [1.165, 1.54) is 29.7 Å². The summed E-state index contributed by atoms with van der Waals surface area (Å²) >= 11 is 1.51. The van der Waals surface area contributed by atoms with Crippen molar-refractivity contribution in [3.05, 3.63) is 45.8 Å². The van der Waals surface area contributed by atoms with E-state index in [0.717, 1.165) is 42.6 Å². The molecule has 0 aliphatic heterocycles. The van der Waals surface area contributed by atoms with Crippen molar-refractivity contribution in [1.29, 1.82) is 0 Å². The molecule has 1 N–H and O–H groups in total. The Morgan fingerprint density at radius 3 is 2.50 bits per heavy atom. The van der Waals surface area contributed by atoms with Gasteiger partial charge in [-0.25, -0.2) is 4.79 Å². The lowest BCUT2D eigenvalue weighted by Crippen LogP contribution is -2.16. The summed E-state index contributed by atoms with van der Waals surface area (Å²) in [4.78, 5) is 26.0. The Bertz CT molecular complexity index is 795. The summed E-state index contributed by atoms with van der Waals surface area (Å²) in [5.74, 6) is 0.241. The highest BCUT2D eigenvalue weighted by Gasteiger charge is 2.26. The van der Waals surface area contributed by atoms with Crippen LogP contribution in [0.15, 0.2) is 24.3 Å². The fraction of sp³-hybridized carbons (Fsp3) is 0.400. The minimum Gasteiger partial charge on any atom is -0.497 e. The van der Waals surface area contributed by atoms with E-state index >= 15 is 0 Å². The lowest BCUT2D eigenvalue weighted by molar-refractivity contribution is -0.115. The zero-order chi connectivity index (χ0) is 18.5. The van der Waals surface area contributed by atoms with E-state index in [2.05, 4.69) is 5.32 Å². The van der Waals surface area contributed by atoms with Gasteiger partial charge in [-0.1, -0.05) is 18.6 Å². The predicted octanol–water partition coefficient (Wildman–Crippen LogP) is 3.99. The Balaban J connectivity index is 1.79. The molecule has 6 heteroatoms. The molecule has 0 fully saturated rings. The number of esters is 1. The molecule has 1 aliphatic carbocycles. The van der Waals surface area contributed by atoms with Crippen molar-refractivity contribution in [1.82, 2.24) is 0 Å². The number of amides is 1. The first-order valence-electron chi connectivity index (χ1n) is 8.78. The molecule has 0 saturated heterocycles. The van der Waals surface area contributed by atoms with Crippen LogP contribution in [0.3, 0.4) is 0 Å². The number of rotatable bonds is 5. The zero-order valence-electron chi connectivity index (χ0n) is 15.1. The first-order valence-corrected chi connectivity index (χ1v) is 9.59. The number of carbonyl (C=O) groups excluding carboxylic acids is 2. The van der Waals surface area contributed by atoms with Crippen molar-refractivity contribution in [3.8, 4) is 5.75 Å². The van der Waals surface area contributed by atoms with Crippen LogP contribution >= 0.6 is 11.3 Å². The molecule has 2 aromatic rings. The molecule has 0 unspecified atom stereocenters. The lowest BCUT2D eigenvalue weighted by Gasteiger charge is -2.08. The van der Waals surface area contributed by atoms with E-state index in [1.807, 2.05) is 24.3 Å². The SMILES string of the molecule is COC(=O)c1c(NC(=O)Cc2ccc(OC)cc2)sc2c1CCCCC2. The number of hydrogen-bond donors (Lipinski definition) is 1. The molecule has 1 aromatic heterocycles. The van der Waals surface area contributed by atoms with Gasteiger partial charge in [-0.05, 0) is 48.9 Å². The second-order valence-corrected chi connectivity index (χ2v) is 7.44. The van der Waals surface area contributed by atoms with Crippen LogP contribution < -0.4 is 10.1 Å². The van der Waals surface area contributed by atoms with E-state index in [1.54, 1.807) is 7.11 Å². The van der Waals surface area contributed by atoms with E-state index in [4.69, 9.17) is 9.47 Å². The van der Waals surface area contributed by atoms with Crippen molar-refractivity contribution in [2.45, 2.75) is 38.5 Å². The molecule has 3 rings (SSSR count). The van der Waals surface area contributed by atoms with Crippen molar-refractivity contribution in [3.63, 3.8) is 0 Å². The Kier molecular flexibility index (Phi) is 5.93. The third-order valence-corrected chi connectivity index (χ3v) is 5.79. The number of thiophene rings is 1. The maximum atomic E-state index is 12.5. The lowest BCUT2D eigenvalue weighted by atomic mass is 10.1. The van der Waals surface area contributed by atoms with Crippen LogP contribution in [0.5, 0.6) is 5.75 Å². The summed E-state index contributed by atoms with van der Waals surface area (Å²) in [6, 6.07) is 7.39. The van der Waals surface area contributed by atoms with Gasteiger partial charge in [0.15, 0.2) is 0 Å². The molecule has 1 heterocycles. The molecule has 138 valence electrons. The monoisotopic (exact) mass is 373 g/mol. The molecule has 0 spiro atoms. The van der Waals surface area contributed by atoms with Crippen LogP contribution in [0.4, 0.5) is 5.00 Å². The fourth-order valence-corrected chi connectivity index (χ4v) is 4.54. The highest BCUT2D eigenvalue weighted by atomic mass is 32.1. The average Bonchev–Trinajstić information content (AvgIpc) is 2.82. The number of ether oxygens (including phenoxy) is 2. The van der Waals surface area contributed by atoms with Crippen LogP contribution in [-0.4, -0.2) is 26.1 Å². The highest BCUT2D eigenvalue weighted by molar-refractivity contribution is 7.17. The number of nitrogens with one attached hydrogen (secondary N) is 1. The molecule has 0 radical (unpaired) electrons. The second kappa shape index (κ2) is 8.36. The second-order valence-electron chi connectivity index (χ2n) is 6.33. The van der Waals surface area contributed by atoms with E-state index in [0.29, 0.717) is 10.6 Å². The number of aryl methyl sites for hydroxylation is 1. The number of carbonyl (C=O) groups is 2. The normalized spacial score (nSPS) is 13.5. The number of hydrogen-bond acceptors (Lipinski definition) is 5. The number of fused-ring (bicyclic) bond motifs is 1. The predicted molar refractivity (Wildman–Crippen MR) is 102 cm³/mol. The first kappa shape index (κ1) is 18.5. The molecule has 1 aromatic carbocycles. The Labute approximate surface area is 157 Å². The maximum Gasteiger partial charge on any atom is 0.341 e. The van der Waals surface area contributed by atoms with Gasteiger partial charge in [0.2, 0.25) is 5.91 Å². The third kappa shape index (κ3) is 4.07. The van der Waals surface area contributed by atoms with Crippen LogP contribution in [0.2, 0.25) is 0 Å². The molecule has 0 bridgehead atoms. The van der Waals surface area contributed by atoms with Gasteiger partial charge in [0, 0.05) is 4.88 Å². The highest BCUT2D eigenvalue weighted by Crippen LogP contribution is 2.38. The largest absolute Gasteiger partial charge is 0.497 e. The number of anilines is 1. The summed E-state index contributed by atoms with van der Waals surface area (Å²) < 4.78 is 10.1. The maximum absolute atomic E-state index is 12.5. The fourth-order valence-electron chi connectivity index (χ4n) is 3.25. The van der Waals surface area contributed by atoms with Gasteiger partial charge < -0.3 is 14.8 Å². The smallest absolute Gasteiger partial charge is 0.341 e. The van der Waals surface area contributed by atoms with Crippen LogP contribution in [0, 0.1) is 0 Å². The standard InChI is InChI=1S/C20H23NO4S/c1-24-14-10-8-13(9-11-14)12-17(22)21-19-18(20(23)25-2)15-6-4-3-5-7-16(15)26-19/h8-11H,3-7,12H2,1-2H3,(H,21,22). The molecule has 0 saturated carbocycles. The quantitative estimate of drug-likeness (QED) is 0.636. The average molecular weight is 373 g/mol. The molecule has 5 nitrogen and oxygen atoms in total. The Morgan fingerprint density at radius 2 is 1.81 bits per heavy atom. The van der Waals surface area contributed by atoms with Gasteiger partial charge in [-0.3, -0.25) is 4.79 Å². The molecule has 26 heavy (non-hydrogen) atoms. The van der Waals surface area contributed by atoms with Gasteiger partial charge >= 0.3 is 5.97 Å². The topological polar surface area (TPSA) is 64.6 Å². The van der Waals surface area contributed by atoms with Crippen molar-refractivity contribution >= 4 is 28.2 Å². The van der Waals surface area contributed by atoms with Crippen molar-refractivity contribution in [2.75, 3.05) is 19.5 Å². The van der Waals surface area contributed by atoms with Crippen LogP contribution in [0.25, 0.3) is 0 Å². The van der Waals surface area contributed by atoms with Gasteiger partial charge in [0.05, 0.1) is 26.2 Å².